The Kier molecular flexibility index (Phi) is 6.62. The van der Waals surface area contributed by atoms with Crippen LogP contribution in [0.1, 0.15) is 65.9 Å². The van der Waals surface area contributed by atoms with Crippen LogP contribution in [-0.2, 0) is 6.42 Å². The molecular weight excluding hydrogens is 228 g/mol. The van der Waals surface area contributed by atoms with Crippen LogP contribution in [-0.4, -0.2) is 0 Å². The van der Waals surface area contributed by atoms with E-state index in [0.29, 0.717) is 5.41 Å². The summed E-state index contributed by atoms with van der Waals surface area (Å²) in [6.07, 6.45) is 6.24. The lowest BCUT2D eigenvalue weighted by Gasteiger charge is -2.39. The fraction of sp³-hybridized carbons (Fsp3) is 0.632. The average molecular weight is 259 g/mol. The molecule has 0 heterocycles. The zero-order valence-corrected chi connectivity index (χ0v) is 13.5. The van der Waals surface area contributed by atoms with Crippen molar-refractivity contribution in [3.63, 3.8) is 0 Å². The van der Waals surface area contributed by atoms with Crippen molar-refractivity contribution in [1.82, 2.24) is 0 Å². The molecule has 1 unspecified atom stereocenters. The Balaban J connectivity index is 2.81. The molecule has 0 fully saturated rings. The van der Waals surface area contributed by atoms with Crippen LogP contribution in [0.4, 0.5) is 0 Å². The van der Waals surface area contributed by atoms with E-state index >= 15 is 0 Å². The second-order valence-electron chi connectivity index (χ2n) is 6.37. The summed E-state index contributed by atoms with van der Waals surface area (Å²) in [5.41, 5.74) is 1.90. The second-order valence-corrected chi connectivity index (χ2v) is 6.37. The van der Waals surface area contributed by atoms with Crippen LogP contribution in [0.25, 0.3) is 0 Å². The lowest BCUT2D eigenvalue weighted by Crippen LogP contribution is -2.30. The topological polar surface area (TPSA) is 0 Å². The van der Waals surface area contributed by atoms with Gasteiger partial charge in [0.1, 0.15) is 0 Å². The summed E-state index contributed by atoms with van der Waals surface area (Å²) in [4.78, 5) is 0. The Morgan fingerprint density at radius 1 is 1.05 bits per heavy atom. The van der Waals surface area contributed by atoms with Crippen LogP contribution in [0.15, 0.2) is 30.3 Å². The number of benzene rings is 1. The second kappa shape index (κ2) is 7.72. The minimum atomic E-state index is 0.434. The highest BCUT2D eigenvalue weighted by atomic mass is 14.4. The lowest BCUT2D eigenvalue weighted by molar-refractivity contribution is 0.189. The largest absolute Gasteiger partial charge is 0.0654 e. The Morgan fingerprint density at radius 3 is 2.16 bits per heavy atom. The van der Waals surface area contributed by atoms with Gasteiger partial charge in [-0.1, -0.05) is 77.8 Å². The summed E-state index contributed by atoms with van der Waals surface area (Å²) in [5, 5.41) is 0. The molecule has 0 N–H and O–H groups in total. The fourth-order valence-corrected chi connectivity index (χ4v) is 3.57. The van der Waals surface area contributed by atoms with Crippen molar-refractivity contribution in [2.45, 2.75) is 66.7 Å². The summed E-state index contributed by atoms with van der Waals surface area (Å²) >= 11 is 0. The molecule has 0 amide bonds. The molecule has 1 atom stereocenters. The molecule has 0 heteroatoms. The van der Waals surface area contributed by atoms with Crippen molar-refractivity contribution in [2.75, 3.05) is 0 Å². The van der Waals surface area contributed by atoms with E-state index in [0.717, 1.165) is 12.3 Å². The van der Waals surface area contributed by atoms with E-state index in [9.17, 15) is 0 Å². The van der Waals surface area contributed by atoms with Crippen molar-refractivity contribution in [1.29, 1.82) is 0 Å². The van der Waals surface area contributed by atoms with Crippen LogP contribution in [0.5, 0.6) is 0 Å². The van der Waals surface area contributed by atoms with Crippen LogP contribution < -0.4 is 0 Å². The SMILES string of the molecule is CCCC(C)(C)C(CC)[C](CC)Cc1ccccc1. The molecule has 19 heavy (non-hydrogen) atoms. The van der Waals surface area contributed by atoms with Gasteiger partial charge in [-0.25, -0.2) is 0 Å². The number of hydrogen-bond acceptors (Lipinski definition) is 0. The van der Waals surface area contributed by atoms with E-state index in [-0.39, 0.29) is 0 Å². The maximum atomic E-state index is 2.45. The molecule has 0 aliphatic heterocycles. The molecule has 0 saturated heterocycles. The van der Waals surface area contributed by atoms with Crippen molar-refractivity contribution >= 4 is 0 Å². The highest BCUT2D eigenvalue weighted by Crippen LogP contribution is 2.42. The summed E-state index contributed by atoms with van der Waals surface area (Å²) in [7, 11) is 0. The summed E-state index contributed by atoms with van der Waals surface area (Å²) in [5.74, 6) is 2.48. The normalized spacial score (nSPS) is 13.8. The minimum Gasteiger partial charge on any atom is -0.0654 e. The first kappa shape index (κ1) is 16.3. The van der Waals surface area contributed by atoms with Crippen molar-refractivity contribution in [3.05, 3.63) is 41.8 Å². The van der Waals surface area contributed by atoms with Gasteiger partial charge >= 0.3 is 0 Å². The predicted molar refractivity (Wildman–Crippen MR) is 86.2 cm³/mol. The van der Waals surface area contributed by atoms with Gasteiger partial charge in [-0.05, 0) is 42.1 Å². The Bertz CT molecular complexity index is 336. The van der Waals surface area contributed by atoms with Crippen molar-refractivity contribution < 1.29 is 0 Å². The molecule has 0 aliphatic carbocycles. The van der Waals surface area contributed by atoms with Crippen molar-refractivity contribution in [3.8, 4) is 0 Å². The van der Waals surface area contributed by atoms with Gasteiger partial charge < -0.3 is 0 Å². The van der Waals surface area contributed by atoms with Gasteiger partial charge in [-0.3, -0.25) is 0 Å². The van der Waals surface area contributed by atoms with Crippen LogP contribution in [0, 0.1) is 17.3 Å². The van der Waals surface area contributed by atoms with E-state index in [1.54, 1.807) is 5.92 Å². The predicted octanol–water partition coefficient (Wildman–Crippen LogP) is 6.07. The highest BCUT2D eigenvalue weighted by Gasteiger charge is 2.33. The molecule has 0 bridgehead atoms. The molecule has 107 valence electrons. The number of hydrogen-bond donors (Lipinski definition) is 0. The molecule has 1 radical (unpaired) electrons. The van der Waals surface area contributed by atoms with Gasteiger partial charge in [0.2, 0.25) is 0 Å². The number of rotatable bonds is 8. The van der Waals surface area contributed by atoms with Gasteiger partial charge in [-0.2, -0.15) is 0 Å². The van der Waals surface area contributed by atoms with Crippen LogP contribution >= 0.6 is 0 Å². The first-order chi connectivity index (χ1) is 9.05. The zero-order valence-electron chi connectivity index (χ0n) is 13.5. The molecule has 0 saturated carbocycles. The molecule has 0 spiro atoms. The standard InChI is InChI=1S/C19H31/c1-6-14-19(4,5)18(8-3)17(7-2)15-16-12-10-9-11-13-16/h9-13,18H,6-8,14-15H2,1-5H3. The molecule has 0 nitrogen and oxygen atoms in total. The summed E-state index contributed by atoms with van der Waals surface area (Å²) in [6.45, 7) is 11.9. The smallest absolute Gasteiger partial charge is 0.0164 e. The van der Waals surface area contributed by atoms with Crippen LogP contribution in [0.3, 0.4) is 0 Å². The molecule has 1 aromatic carbocycles. The maximum Gasteiger partial charge on any atom is -0.0164 e. The average Bonchev–Trinajstić information content (AvgIpc) is 2.39. The first-order valence-corrected chi connectivity index (χ1v) is 7.93. The highest BCUT2D eigenvalue weighted by molar-refractivity contribution is 5.20. The van der Waals surface area contributed by atoms with Crippen LogP contribution in [0.2, 0.25) is 0 Å². The minimum absolute atomic E-state index is 0.434. The quantitative estimate of drug-likeness (QED) is 0.532. The monoisotopic (exact) mass is 259 g/mol. The maximum absolute atomic E-state index is 2.45. The molecular formula is C19H31. The fourth-order valence-electron chi connectivity index (χ4n) is 3.57. The Labute approximate surface area is 120 Å². The lowest BCUT2D eigenvalue weighted by atomic mass is 9.66. The Morgan fingerprint density at radius 2 is 1.68 bits per heavy atom. The van der Waals surface area contributed by atoms with E-state index in [4.69, 9.17) is 0 Å². The zero-order chi connectivity index (χ0) is 14.3. The molecule has 1 rings (SSSR count). The van der Waals surface area contributed by atoms with Gasteiger partial charge in [0.25, 0.3) is 0 Å². The van der Waals surface area contributed by atoms with E-state index < -0.39 is 0 Å². The van der Waals surface area contributed by atoms with Gasteiger partial charge in [0.15, 0.2) is 0 Å². The third-order valence-corrected chi connectivity index (χ3v) is 4.47. The Hall–Kier alpha value is -0.780. The van der Waals surface area contributed by atoms with Crippen molar-refractivity contribution in [2.24, 2.45) is 11.3 Å². The molecule has 0 aliphatic rings. The third-order valence-electron chi connectivity index (χ3n) is 4.47. The summed E-state index contributed by atoms with van der Waals surface area (Å²) < 4.78 is 0. The first-order valence-electron chi connectivity index (χ1n) is 7.93. The van der Waals surface area contributed by atoms with Gasteiger partial charge in [-0.15, -0.1) is 0 Å². The third kappa shape index (κ3) is 4.67. The summed E-state index contributed by atoms with van der Waals surface area (Å²) in [6, 6.07) is 10.9. The van der Waals surface area contributed by atoms with E-state index in [2.05, 4.69) is 65.0 Å². The molecule has 0 aromatic heterocycles. The van der Waals surface area contributed by atoms with Gasteiger partial charge in [0, 0.05) is 0 Å². The van der Waals surface area contributed by atoms with E-state index in [1.807, 2.05) is 0 Å². The van der Waals surface area contributed by atoms with E-state index in [1.165, 1.54) is 31.2 Å². The van der Waals surface area contributed by atoms with Gasteiger partial charge in [0.05, 0.1) is 0 Å². The molecule has 1 aromatic rings.